The Bertz CT molecular complexity index is 1240. The molecule has 0 atom stereocenters. The van der Waals surface area contributed by atoms with E-state index in [2.05, 4.69) is 16.3 Å². The monoisotopic (exact) mass is 493 g/mol. The predicted molar refractivity (Wildman–Crippen MR) is 146 cm³/mol. The Labute approximate surface area is 220 Å². The number of piperidine rings is 1. The highest BCUT2D eigenvalue weighted by Crippen LogP contribution is 2.36. The van der Waals surface area contributed by atoms with Gasteiger partial charge in [0, 0.05) is 13.1 Å². The van der Waals surface area contributed by atoms with Crippen LogP contribution in [0.1, 0.15) is 52.1 Å². The number of nitrogens with zero attached hydrogens (tertiary/aromatic N) is 2. The van der Waals surface area contributed by atoms with Crippen LogP contribution in [0.2, 0.25) is 0 Å². The van der Waals surface area contributed by atoms with E-state index in [1.165, 1.54) is 0 Å². The number of rotatable bonds is 8. The molecule has 5 nitrogen and oxygen atoms in total. The van der Waals surface area contributed by atoms with Crippen molar-refractivity contribution in [3.8, 4) is 6.07 Å². The van der Waals surface area contributed by atoms with E-state index in [4.69, 9.17) is 0 Å². The van der Waals surface area contributed by atoms with Gasteiger partial charge >= 0.3 is 0 Å². The fourth-order valence-corrected chi connectivity index (χ4v) is 5.25. The van der Waals surface area contributed by atoms with Gasteiger partial charge in [0.1, 0.15) is 0 Å². The maximum atomic E-state index is 13.3. The molecule has 1 amide bonds. The molecule has 0 aliphatic carbocycles. The van der Waals surface area contributed by atoms with Gasteiger partial charge in [0.05, 0.1) is 30.5 Å². The van der Waals surface area contributed by atoms with Crippen molar-refractivity contribution >= 4 is 11.7 Å². The van der Waals surface area contributed by atoms with Crippen molar-refractivity contribution in [2.75, 3.05) is 26.2 Å². The van der Waals surface area contributed by atoms with Crippen LogP contribution < -0.4 is 5.32 Å². The topological polar surface area (TPSA) is 73.2 Å². The number of amides is 1. The van der Waals surface area contributed by atoms with Gasteiger partial charge in [-0.2, -0.15) is 5.26 Å². The van der Waals surface area contributed by atoms with E-state index in [0.717, 1.165) is 33.4 Å². The van der Waals surface area contributed by atoms with E-state index < -0.39 is 11.3 Å². The number of carbonyl (C=O) groups excluding carboxylic acids is 2. The van der Waals surface area contributed by atoms with Crippen molar-refractivity contribution in [3.63, 3.8) is 0 Å². The minimum Gasteiger partial charge on any atom is -0.348 e. The average molecular weight is 494 g/mol. The van der Waals surface area contributed by atoms with E-state index in [0.29, 0.717) is 25.9 Å². The normalized spacial score (nSPS) is 15.2. The molecule has 190 valence electrons. The van der Waals surface area contributed by atoms with Crippen LogP contribution in [0.4, 0.5) is 0 Å². The quantitative estimate of drug-likeness (QED) is 0.480. The summed E-state index contributed by atoms with van der Waals surface area (Å²) in [6.45, 7) is 7.71. The SMILES string of the molecule is Cc1ccc(C(C(=O)NCC(=O)CN2CCC(C#N)(c3ccccc3C)CC2)c2ccc(C)cc2)cc1. The van der Waals surface area contributed by atoms with E-state index in [-0.39, 0.29) is 24.8 Å². The molecule has 3 aromatic rings. The van der Waals surface area contributed by atoms with Gasteiger partial charge in [-0.15, -0.1) is 0 Å². The standard InChI is InChI=1S/C32H35N3O2/c1-23-8-12-26(13-9-23)30(27-14-10-24(2)11-15-27)31(37)34-20-28(36)21-35-18-16-32(22-33,17-19-35)29-7-5-4-6-25(29)3/h4-15,30H,16-21H2,1-3H3,(H,34,37). The summed E-state index contributed by atoms with van der Waals surface area (Å²) in [4.78, 5) is 28.2. The van der Waals surface area contributed by atoms with E-state index >= 15 is 0 Å². The first-order chi connectivity index (χ1) is 17.8. The fourth-order valence-electron chi connectivity index (χ4n) is 5.25. The van der Waals surface area contributed by atoms with Crippen LogP contribution in [0.25, 0.3) is 0 Å². The molecule has 3 aromatic carbocycles. The Kier molecular flexibility index (Phi) is 8.21. The number of Topliss-reactive ketones (excluding diaryl/α,β-unsaturated/α-hetero) is 1. The summed E-state index contributed by atoms with van der Waals surface area (Å²) in [5, 5.41) is 12.9. The molecule has 5 heteroatoms. The summed E-state index contributed by atoms with van der Waals surface area (Å²) in [5.74, 6) is -0.683. The summed E-state index contributed by atoms with van der Waals surface area (Å²) < 4.78 is 0. The molecular formula is C32H35N3O2. The third-order valence-corrected chi connectivity index (χ3v) is 7.53. The first kappa shape index (κ1) is 26.3. The Hall–Kier alpha value is -3.75. The number of hydrogen-bond donors (Lipinski definition) is 1. The van der Waals surface area contributed by atoms with Crippen molar-refractivity contribution in [1.29, 1.82) is 5.26 Å². The molecule has 1 N–H and O–H groups in total. The lowest BCUT2D eigenvalue weighted by molar-refractivity contribution is -0.126. The molecule has 1 aliphatic rings. The second kappa shape index (κ2) is 11.5. The maximum absolute atomic E-state index is 13.3. The summed E-state index contributed by atoms with van der Waals surface area (Å²) in [6.07, 6.45) is 1.38. The lowest BCUT2D eigenvalue weighted by Gasteiger charge is -2.38. The van der Waals surface area contributed by atoms with Gasteiger partial charge in [0.25, 0.3) is 0 Å². The van der Waals surface area contributed by atoms with Crippen LogP contribution in [0, 0.1) is 32.1 Å². The third-order valence-electron chi connectivity index (χ3n) is 7.53. The third kappa shape index (κ3) is 6.15. The van der Waals surface area contributed by atoms with Crippen molar-refractivity contribution in [2.24, 2.45) is 0 Å². The Morgan fingerprint density at radius 2 is 1.43 bits per heavy atom. The van der Waals surface area contributed by atoms with Gasteiger partial charge < -0.3 is 5.32 Å². The highest BCUT2D eigenvalue weighted by atomic mass is 16.2. The molecule has 0 aromatic heterocycles. The van der Waals surface area contributed by atoms with Crippen LogP contribution in [0.15, 0.2) is 72.8 Å². The van der Waals surface area contributed by atoms with Gasteiger partial charge in [-0.05, 0) is 55.9 Å². The first-order valence-electron chi connectivity index (χ1n) is 12.9. The van der Waals surface area contributed by atoms with Crippen LogP contribution in [-0.4, -0.2) is 42.8 Å². The minimum absolute atomic E-state index is 0.00918. The predicted octanol–water partition coefficient (Wildman–Crippen LogP) is 4.99. The Morgan fingerprint density at radius 1 is 0.892 bits per heavy atom. The summed E-state index contributed by atoms with van der Waals surface area (Å²) in [7, 11) is 0. The van der Waals surface area contributed by atoms with Gasteiger partial charge in [0.15, 0.2) is 5.78 Å². The number of likely N-dealkylation sites (tertiary alicyclic amines) is 1. The molecule has 0 spiro atoms. The molecule has 0 unspecified atom stereocenters. The summed E-state index contributed by atoms with van der Waals surface area (Å²) in [6, 6.07) is 26.6. The fraction of sp³-hybridized carbons (Fsp3) is 0.344. The number of nitrogens with one attached hydrogen (secondary N) is 1. The molecule has 4 rings (SSSR count). The summed E-state index contributed by atoms with van der Waals surface area (Å²) in [5.41, 5.74) is 5.78. The van der Waals surface area contributed by atoms with E-state index in [9.17, 15) is 14.9 Å². The van der Waals surface area contributed by atoms with Crippen LogP contribution in [0.5, 0.6) is 0 Å². The van der Waals surface area contributed by atoms with Crippen molar-refractivity contribution in [2.45, 2.75) is 44.9 Å². The van der Waals surface area contributed by atoms with Gasteiger partial charge in [-0.1, -0.05) is 83.9 Å². The second-order valence-corrected chi connectivity index (χ2v) is 10.3. The lowest BCUT2D eigenvalue weighted by atomic mass is 9.72. The van der Waals surface area contributed by atoms with E-state index in [1.54, 1.807) is 0 Å². The molecule has 1 heterocycles. The number of carbonyl (C=O) groups is 2. The molecule has 0 radical (unpaired) electrons. The number of ketones is 1. The maximum Gasteiger partial charge on any atom is 0.232 e. The highest BCUT2D eigenvalue weighted by molar-refractivity contribution is 5.92. The average Bonchev–Trinajstić information content (AvgIpc) is 2.91. The van der Waals surface area contributed by atoms with Gasteiger partial charge in [-0.25, -0.2) is 0 Å². The Balaban J connectivity index is 1.36. The number of aryl methyl sites for hydroxylation is 3. The molecule has 1 aliphatic heterocycles. The smallest absolute Gasteiger partial charge is 0.232 e. The van der Waals surface area contributed by atoms with Crippen molar-refractivity contribution < 1.29 is 9.59 Å². The van der Waals surface area contributed by atoms with Crippen LogP contribution in [-0.2, 0) is 15.0 Å². The number of benzene rings is 3. The molecule has 0 saturated carbocycles. The molecule has 0 bridgehead atoms. The zero-order chi connectivity index (χ0) is 26.4. The van der Waals surface area contributed by atoms with Crippen molar-refractivity contribution in [3.05, 3.63) is 106 Å². The largest absolute Gasteiger partial charge is 0.348 e. The van der Waals surface area contributed by atoms with Crippen molar-refractivity contribution in [1.82, 2.24) is 10.2 Å². The molecule has 1 saturated heterocycles. The molecule has 37 heavy (non-hydrogen) atoms. The van der Waals surface area contributed by atoms with Gasteiger partial charge in [-0.3, -0.25) is 14.5 Å². The highest BCUT2D eigenvalue weighted by Gasteiger charge is 2.37. The number of hydrogen-bond acceptors (Lipinski definition) is 4. The van der Waals surface area contributed by atoms with Gasteiger partial charge in [0.2, 0.25) is 5.91 Å². The number of nitriles is 1. The zero-order valence-corrected chi connectivity index (χ0v) is 22.0. The molecular weight excluding hydrogens is 458 g/mol. The minimum atomic E-state index is -0.506. The second-order valence-electron chi connectivity index (χ2n) is 10.3. The zero-order valence-electron chi connectivity index (χ0n) is 22.0. The first-order valence-corrected chi connectivity index (χ1v) is 12.9. The Morgan fingerprint density at radius 3 is 1.95 bits per heavy atom. The van der Waals surface area contributed by atoms with Crippen LogP contribution in [0.3, 0.4) is 0 Å². The van der Waals surface area contributed by atoms with Crippen LogP contribution >= 0.6 is 0 Å². The lowest BCUT2D eigenvalue weighted by Crippen LogP contribution is -2.45. The molecule has 1 fully saturated rings. The van der Waals surface area contributed by atoms with E-state index in [1.807, 2.05) is 93.6 Å². The summed E-state index contributed by atoms with van der Waals surface area (Å²) >= 11 is 0.